The minimum atomic E-state index is -1.03. The first-order valence-corrected chi connectivity index (χ1v) is 8.97. The summed E-state index contributed by atoms with van der Waals surface area (Å²) in [5.74, 6) is -4.06. The molecule has 0 spiro atoms. The predicted molar refractivity (Wildman–Crippen MR) is 104 cm³/mol. The molecule has 1 saturated heterocycles. The van der Waals surface area contributed by atoms with Crippen LogP contribution in [0.3, 0.4) is 0 Å². The molecule has 10 heteroatoms. The van der Waals surface area contributed by atoms with Gasteiger partial charge in [-0.1, -0.05) is 12.1 Å². The second-order valence-electron chi connectivity index (χ2n) is 6.58. The SMILES string of the molecule is COc1cc(F)c([C@@H]2CNC(=O)C2C=NC(=O)Nc2nc3ccccc3o2)c(F)c1. The number of hydrogen-bond donors (Lipinski definition) is 2. The molecule has 2 aromatic carbocycles. The third-order valence-electron chi connectivity index (χ3n) is 4.75. The Hall–Kier alpha value is -3.82. The van der Waals surface area contributed by atoms with Gasteiger partial charge >= 0.3 is 12.0 Å². The van der Waals surface area contributed by atoms with Gasteiger partial charge in [0.05, 0.1) is 13.0 Å². The number of para-hydroxylation sites is 2. The highest BCUT2D eigenvalue weighted by molar-refractivity contribution is 6.02. The van der Waals surface area contributed by atoms with Gasteiger partial charge in [0.2, 0.25) is 5.91 Å². The van der Waals surface area contributed by atoms with E-state index in [1.807, 2.05) is 0 Å². The lowest BCUT2D eigenvalue weighted by molar-refractivity contribution is -0.120. The Bertz CT molecular complexity index is 1100. The molecule has 1 unspecified atom stereocenters. The zero-order valence-electron chi connectivity index (χ0n) is 15.7. The van der Waals surface area contributed by atoms with Crippen molar-refractivity contribution in [1.29, 1.82) is 0 Å². The zero-order chi connectivity index (χ0) is 21.3. The van der Waals surface area contributed by atoms with Crippen molar-refractivity contribution in [2.24, 2.45) is 10.9 Å². The molecular formula is C20H16F2N4O4. The standard InChI is InChI=1S/C20H16F2N4O4/c1-29-10-6-13(21)17(14(22)7-10)11-8-23-18(27)12(11)9-24-19(28)26-20-25-15-4-2-3-5-16(15)30-20/h2-7,9,11-12H,8H2,1H3,(H,23,27)(H,25,26,28)/t11-,12?/m1/s1. The smallest absolute Gasteiger partial charge is 0.348 e. The van der Waals surface area contributed by atoms with Crippen molar-refractivity contribution >= 4 is 35.3 Å². The fourth-order valence-electron chi connectivity index (χ4n) is 3.32. The molecule has 30 heavy (non-hydrogen) atoms. The Morgan fingerprint density at radius 2 is 2.07 bits per heavy atom. The van der Waals surface area contributed by atoms with Crippen LogP contribution in [0.2, 0.25) is 0 Å². The molecule has 2 N–H and O–H groups in total. The van der Waals surface area contributed by atoms with Gasteiger partial charge in [-0.05, 0) is 12.1 Å². The van der Waals surface area contributed by atoms with Crippen molar-refractivity contribution in [2.45, 2.75) is 5.92 Å². The van der Waals surface area contributed by atoms with Crippen LogP contribution in [0.5, 0.6) is 5.75 Å². The topological polar surface area (TPSA) is 106 Å². The van der Waals surface area contributed by atoms with Gasteiger partial charge in [0, 0.05) is 36.4 Å². The molecule has 8 nitrogen and oxygen atoms in total. The third kappa shape index (κ3) is 3.71. The van der Waals surface area contributed by atoms with E-state index < -0.39 is 35.4 Å². The number of urea groups is 1. The maximum atomic E-state index is 14.4. The molecule has 1 aliphatic rings. The van der Waals surface area contributed by atoms with Crippen molar-refractivity contribution in [3.63, 3.8) is 0 Å². The molecule has 1 aromatic heterocycles. The van der Waals surface area contributed by atoms with Crippen molar-refractivity contribution in [3.05, 3.63) is 53.6 Å². The third-order valence-corrected chi connectivity index (χ3v) is 4.75. The van der Waals surface area contributed by atoms with E-state index in [-0.39, 0.29) is 23.9 Å². The average molecular weight is 414 g/mol. The van der Waals surface area contributed by atoms with E-state index in [9.17, 15) is 18.4 Å². The first kappa shape index (κ1) is 19.5. The van der Waals surface area contributed by atoms with E-state index in [2.05, 4.69) is 20.6 Å². The summed E-state index contributed by atoms with van der Waals surface area (Å²) in [5, 5.41) is 4.89. The minimum Gasteiger partial charge on any atom is -0.497 e. The zero-order valence-corrected chi connectivity index (χ0v) is 15.7. The summed E-state index contributed by atoms with van der Waals surface area (Å²) in [6.07, 6.45) is 1.06. The van der Waals surface area contributed by atoms with Crippen LogP contribution >= 0.6 is 0 Å². The van der Waals surface area contributed by atoms with Crippen LogP contribution < -0.4 is 15.4 Å². The van der Waals surface area contributed by atoms with E-state index >= 15 is 0 Å². The molecule has 4 rings (SSSR count). The van der Waals surface area contributed by atoms with Crippen molar-refractivity contribution < 1.29 is 27.5 Å². The number of anilines is 1. The second-order valence-corrected chi connectivity index (χ2v) is 6.58. The van der Waals surface area contributed by atoms with Gasteiger partial charge in [0.15, 0.2) is 5.58 Å². The molecule has 1 aliphatic heterocycles. The van der Waals surface area contributed by atoms with Crippen LogP contribution in [0, 0.1) is 17.6 Å². The quantitative estimate of drug-likeness (QED) is 0.638. The summed E-state index contributed by atoms with van der Waals surface area (Å²) < 4.78 is 39.1. The number of carbonyl (C=O) groups is 2. The van der Waals surface area contributed by atoms with Crippen molar-refractivity contribution in [2.75, 3.05) is 19.0 Å². The van der Waals surface area contributed by atoms with Crippen LogP contribution in [0.15, 0.2) is 45.8 Å². The summed E-state index contributed by atoms with van der Waals surface area (Å²) in [6.45, 7) is 0.00242. The number of carbonyl (C=O) groups excluding carboxylic acids is 2. The molecule has 2 heterocycles. The number of oxazole rings is 1. The van der Waals surface area contributed by atoms with Crippen molar-refractivity contribution in [3.8, 4) is 5.75 Å². The minimum absolute atomic E-state index is 0.00242. The van der Waals surface area contributed by atoms with Gasteiger partial charge in [-0.15, -0.1) is 0 Å². The number of nitrogens with one attached hydrogen (secondary N) is 2. The highest BCUT2D eigenvalue weighted by Crippen LogP contribution is 2.33. The number of rotatable bonds is 4. The number of aromatic nitrogens is 1. The Labute approximate surface area is 168 Å². The average Bonchev–Trinajstić information content (AvgIpc) is 3.28. The number of amides is 3. The van der Waals surface area contributed by atoms with Gasteiger partial charge in [-0.25, -0.2) is 18.6 Å². The Morgan fingerprint density at radius 3 is 2.77 bits per heavy atom. The van der Waals surface area contributed by atoms with Gasteiger partial charge in [-0.2, -0.15) is 4.98 Å². The number of benzene rings is 2. The maximum Gasteiger partial charge on any atom is 0.348 e. The summed E-state index contributed by atoms with van der Waals surface area (Å²) in [6, 6.07) is 8.10. The highest BCUT2D eigenvalue weighted by Gasteiger charge is 2.38. The number of fused-ring (bicyclic) bond motifs is 1. The summed E-state index contributed by atoms with van der Waals surface area (Å²) in [5.41, 5.74) is 0.764. The fourth-order valence-corrected chi connectivity index (χ4v) is 3.32. The molecule has 3 amide bonds. The van der Waals surface area contributed by atoms with Gasteiger partial charge in [0.1, 0.15) is 22.9 Å². The van der Waals surface area contributed by atoms with Crippen molar-refractivity contribution in [1.82, 2.24) is 10.3 Å². The number of hydrogen-bond acceptors (Lipinski definition) is 5. The Morgan fingerprint density at radius 1 is 1.33 bits per heavy atom. The second kappa shape index (κ2) is 7.90. The monoisotopic (exact) mass is 414 g/mol. The van der Waals surface area contributed by atoms with E-state index in [0.717, 1.165) is 18.3 Å². The lowest BCUT2D eigenvalue weighted by Crippen LogP contribution is -2.22. The number of methoxy groups -OCH3 is 1. The van der Waals surface area contributed by atoms with Gasteiger partial charge in [-0.3, -0.25) is 10.1 Å². The highest BCUT2D eigenvalue weighted by atomic mass is 19.1. The van der Waals surface area contributed by atoms with E-state index in [0.29, 0.717) is 11.1 Å². The summed E-state index contributed by atoms with van der Waals surface area (Å²) >= 11 is 0. The van der Waals surface area contributed by atoms with Crippen LogP contribution in [0.4, 0.5) is 19.6 Å². The molecule has 0 bridgehead atoms. The fraction of sp³-hybridized carbons (Fsp3) is 0.200. The number of halogens is 2. The van der Waals surface area contributed by atoms with Crippen LogP contribution in [-0.4, -0.2) is 36.8 Å². The lowest BCUT2D eigenvalue weighted by Gasteiger charge is -2.16. The predicted octanol–water partition coefficient (Wildman–Crippen LogP) is 3.25. The van der Waals surface area contributed by atoms with Gasteiger partial charge < -0.3 is 14.5 Å². The Kier molecular flexibility index (Phi) is 5.13. The molecule has 0 aliphatic carbocycles. The first-order chi connectivity index (χ1) is 14.5. The first-order valence-electron chi connectivity index (χ1n) is 8.97. The number of aliphatic imine (C=N–C) groups is 1. The number of nitrogens with zero attached hydrogens (tertiary/aromatic N) is 2. The lowest BCUT2D eigenvalue weighted by atomic mass is 9.88. The maximum absolute atomic E-state index is 14.4. The largest absolute Gasteiger partial charge is 0.497 e. The molecule has 3 aromatic rings. The Balaban J connectivity index is 1.52. The molecule has 0 saturated carbocycles. The summed E-state index contributed by atoms with van der Waals surface area (Å²) in [7, 11) is 1.29. The molecular weight excluding hydrogens is 398 g/mol. The van der Waals surface area contributed by atoms with Gasteiger partial charge in [0.25, 0.3) is 0 Å². The van der Waals surface area contributed by atoms with E-state index in [4.69, 9.17) is 9.15 Å². The molecule has 0 radical (unpaired) electrons. The van der Waals surface area contributed by atoms with E-state index in [1.165, 1.54) is 7.11 Å². The van der Waals surface area contributed by atoms with Crippen LogP contribution in [0.1, 0.15) is 11.5 Å². The number of ether oxygens (including phenoxy) is 1. The van der Waals surface area contributed by atoms with Crippen LogP contribution in [-0.2, 0) is 4.79 Å². The molecule has 1 fully saturated rings. The molecule has 2 atom stereocenters. The normalized spacial score (nSPS) is 18.7. The summed E-state index contributed by atoms with van der Waals surface area (Å²) in [4.78, 5) is 32.0. The van der Waals surface area contributed by atoms with E-state index in [1.54, 1.807) is 24.3 Å². The molecule has 154 valence electrons. The van der Waals surface area contributed by atoms with Crippen LogP contribution in [0.25, 0.3) is 11.1 Å².